The van der Waals surface area contributed by atoms with Crippen LogP contribution in [0.25, 0.3) is 0 Å². The Hall–Kier alpha value is -1.83. The van der Waals surface area contributed by atoms with E-state index in [0.717, 1.165) is 50.6 Å². The number of amides is 1. The lowest BCUT2D eigenvalue weighted by Crippen LogP contribution is -2.59. The fraction of sp³-hybridized carbons (Fsp3) is 0.750. The Kier molecular flexibility index (Phi) is 5.52. The summed E-state index contributed by atoms with van der Waals surface area (Å²) in [7, 11) is 0. The van der Waals surface area contributed by atoms with Gasteiger partial charge in [0.25, 0.3) is 0 Å². The number of anilines is 1. The summed E-state index contributed by atoms with van der Waals surface area (Å²) in [5.74, 6) is 2.02. The molecule has 8 rings (SSSR count). The van der Waals surface area contributed by atoms with Gasteiger partial charge in [0.1, 0.15) is 0 Å². The zero-order valence-electron chi connectivity index (χ0n) is 20.6. The van der Waals surface area contributed by atoms with Crippen LogP contribution in [-0.4, -0.2) is 55.4 Å². The molecule has 0 N–H and O–H groups in total. The Morgan fingerprint density at radius 3 is 2.20 bits per heavy atom. The summed E-state index contributed by atoms with van der Waals surface area (Å²) in [6.45, 7) is 3.56. The molecule has 2 spiro atoms. The van der Waals surface area contributed by atoms with Crippen LogP contribution in [0.2, 0.25) is 0 Å². The lowest BCUT2D eigenvalue weighted by Gasteiger charge is -2.57. The maximum absolute atomic E-state index is 12.7. The predicted molar refractivity (Wildman–Crippen MR) is 129 cm³/mol. The fourth-order valence-corrected chi connectivity index (χ4v) is 8.15. The number of nitrogens with zero attached hydrogens (tertiary/aromatic N) is 2. The Bertz CT molecular complexity index is 895. The Morgan fingerprint density at radius 2 is 1.54 bits per heavy atom. The van der Waals surface area contributed by atoms with E-state index >= 15 is 0 Å². The van der Waals surface area contributed by atoms with E-state index in [1.807, 2.05) is 11.0 Å². The fourth-order valence-electron chi connectivity index (χ4n) is 8.15. The number of hydrogen-bond donors (Lipinski definition) is 0. The second-order valence-corrected chi connectivity index (χ2v) is 12.0. The van der Waals surface area contributed by atoms with Crippen molar-refractivity contribution in [3.8, 4) is 0 Å². The highest BCUT2D eigenvalue weighted by molar-refractivity contribution is 5.68. The average Bonchev–Trinajstić information content (AvgIpc) is 3.27. The molecule has 35 heavy (non-hydrogen) atoms. The number of rotatable bonds is 3. The molecule has 7 heteroatoms. The highest BCUT2D eigenvalue weighted by Gasteiger charge is 2.66. The van der Waals surface area contributed by atoms with Gasteiger partial charge < -0.3 is 19.3 Å². The van der Waals surface area contributed by atoms with Crippen LogP contribution < -0.4 is 4.90 Å². The van der Waals surface area contributed by atoms with Gasteiger partial charge in [0.15, 0.2) is 0 Å². The van der Waals surface area contributed by atoms with Gasteiger partial charge in [-0.25, -0.2) is 4.79 Å². The lowest BCUT2D eigenvalue weighted by atomic mass is 9.53. The second kappa shape index (κ2) is 8.63. The van der Waals surface area contributed by atoms with Crippen molar-refractivity contribution < 1.29 is 24.0 Å². The summed E-state index contributed by atoms with van der Waals surface area (Å²) in [5.41, 5.74) is 1.22. The molecule has 7 fully saturated rings. The predicted octanol–water partition coefficient (Wildman–Crippen LogP) is 4.96. The minimum atomic E-state index is -0.594. The molecule has 7 nitrogen and oxygen atoms in total. The molecule has 0 radical (unpaired) electrons. The van der Waals surface area contributed by atoms with Crippen molar-refractivity contribution in [2.24, 2.45) is 29.6 Å². The number of carbonyl (C=O) groups excluding carboxylic acids is 1. The first-order valence-corrected chi connectivity index (χ1v) is 13.9. The number of hydrogen-bond acceptors (Lipinski definition) is 6. The minimum Gasteiger partial charge on any atom is -0.449 e. The van der Waals surface area contributed by atoms with Crippen LogP contribution in [0.5, 0.6) is 0 Å². The van der Waals surface area contributed by atoms with Crippen molar-refractivity contribution in [3.63, 3.8) is 0 Å². The topological polar surface area (TPSA) is 60.5 Å². The van der Waals surface area contributed by atoms with Gasteiger partial charge >= 0.3 is 6.09 Å². The van der Waals surface area contributed by atoms with Crippen molar-refractivity contribution in [3.05, 3.63) is 30.3 Å². The number of para-hydroxylation sites is 1. The number of ether oxygens (including phenoxy) is 2. The Labute approximate surface area is 207 Å². The number of carbonyl (C=O) groups is 1. The Balaban J connectivity index is 0.880. The van der Waals surface area contributed by atoms with Gasteiger partial charge in [-0.3, -0.25) is 0 Å². The third-order valence-corrected chi connectivity index (χ3v) is 9.91. The van der Waals surface area contributed by atoms with E-state index in [1.165, 1.54) is 37.8 Å². The molecule has 2 saturated heterocycles. The average molecular weight is 483 g/mol. The summed E-state index contributed by atoms with van der Waals surface area (Å²) < 4.78 is 12.6. The monoisotopic (exact) mass is 482 g/mol. The molecule has 5 aliphatic carbocycles. The molecule has 1 amide bonds. The summed E-state index contributed by atoms with van der Waals surface area (Å²) in [4.78, 5) is 29.0. The third kappa shape index (κ3) is 3.94. The molecule has 2 aliphatic heterocycles. The van der Waals surface area contributed by atoms with E-state index in [0.29, 0.717) is 37.5 Å². The first-order valence-electron chi connectivity index (χ1n) is 13.9. The van der Waals surface area contributed by atoms with E-state index in [4.69, 9.17) is 19.2 Å². The van der Waals surface area contributed by atoms with Gasteiger partial charge in [-0.2, -0.15) is 9.78 Å². The molecular formula is C28H38N2O5. The quantitative estimate of drug-likeness (QED) is 0.568. The zero-order chi connectivity index (χ0) is 23.5. The summed E-state index contributed by atoms with van der Waals surface area (Å²) in [5, 5.41) is 0. The lowest BCUT2D eigenvalue weighted by molar-refractivity contribution is -0.390. The zero-order valence-corrected chi connectivity index (χ0v) is 20.6. The minimum absolute atomic E-state index is 0.178. The van der Waals surface area contributed by atoms with Crippen molar-refractivity contribution in [2.45, 2.75) is 69.4 Å². The van der Waals surface area contributed by atoms with E-state index in [1.54, 1.807) is 0 Å². The summed E-state index contributed by atoms with van der Waals surface area (Å²) in [6, 6.07) is 10.4. The Morgan fingerprint density at radius 1 is 0.886 bits per heavy atom. The highest BCUT2D eigenvalue weighted by Crippen LogP contribution is 2.63. The van der Waals surface area contributed by atoms with Crippen LogP contribution >= 0.6 is 0 Å². The van der Waals surface area contributed by atoms with Gasteiger partial charge in [-0.1, -0.05) is 18.2 Å². The van der Waals surface area contributed by atoms with E-state index in [9.17, 15) is 4.79 Å². The molecule has 1 aromatic carbocycles. The van der Waals surface area contributed by atoms with Crippen molar-refractivity contribution in [2.75, 3.05) is 37.7 Å². The van der Waals surface area contributed by atoms with Gasteiger partial charge in [-0.05, 0) is 74.8 Å². The molecular weight excluding hydrogens is 444 g/mol. The highest BCUT2D eigenvalue weighted by atomic mass is 17.3. The second-order valence-electron chi connectivity index (χ2n) is 12.0. The van der Waals surface area contributed by atoms with Crippen molar-refractivity contribution in [1.29, 1.82) is 0 Å². The molecule has 0 unspecified atom stereocenters. The van der Waals surface area contributed by atoms with Crippen LogP contribution in [-0.2, 0) is 19.2 Å². The molecule has 7 aliphatic rings. The van der Waals surface area contributed by atoms with Crippen molar-refractivity contribution in [1.82, 2.24) is 4.90 Å². The smallest absolute Gasteiger partial charge is 0.409 e. The SMILES string of the molecule is O=C(OCC1CCC2(CC1)OOC1(O2)C2CC3CC(C2)CC1C3)N1CCN(c2ccccc2)CC1. The maximum Gasteiger partial charge on any atom is 0.409 e. The summed E-state index contributed by atoms with van der Waals surface area (Å²) >= 11 is 0. The molecule has 1 aromatic rings. The van der Waals surface area contributed by atoms with E-state index < -0.39 is 11.6 Å². The molecule has 0 aromatic heterocycles. The van der Waals surface area contributed by atoms with Crippen LogP contribution in [0.4, 0.5) is 10.5 Å². The van der Waals surface area contributed by atoms with Crippen LogP contribution in [0.3, 0.4) is 0 Å². The van der Waals surface area contributed by atoms with Crippen LogP contribution in [0.1, 0.15) is 57.8 Å². The van der Waals surface area contributed by atoms with Crippen molar-refractivity contribution >= 4 is 11.8 Å². The number of piperazine rings is 1. The van der Waals surface area contributed by atoms with Gasteiger partial charge in [0.2, 0.25) is 11.6 Å². The molecule has 2 heterocycles. The third-order valence-electron chi connectivity index (χ3n) is 9.91. The molecule has 190 valence electrons. The van der Waals surface area contributed by atoms with Crippen LogP contribution in [0, 0.1) is 29.6 Å². The molecule has 5 saturated carbocycles. The van der Waals surface area contributed by atoms with Gasteiger partial charge in [0.05, 0.1) is 6.61 Å². The largest absolute Gasteiger partial charge is 0.449 e. The number of benzene rings is 1. The molecule has 4 bridgehead atoms. The normalized spacial score (nSPS) is 42.2. The van der Waals surface area contributed by atoms with Crippen LogP contribution in [0.15, 0.2) is 30.3 Å². The van der Waals surface area contributed by atoms with E-state index in [-0.39, 0.29) is 6.09 Å². The summed E-state index contributed by atoms with van der Waals surface area (Å²) in [6.07, 6.45) is 9.72. The first kappa shape index (κ1) is 22.4. The molecule has 0 atom stereocenters. The van der Waals surface area contributed by atoms with E-state index in [2.05, 4.69) is 29.2 Å². The first-order chi connectivity index (χ1) is 17.1. The standard InChI is InChI=1S/C28H38N2O5/c31-26(30-12-10-29(11-13-30)25-4-2-1-3-5-25)32-19-20-6-8-27(9-7-20)33-28(35-34-27)23-15-21-14-22(17-23)18-24(28)16-21/h1-5,20-24H,6-19H2. The maximum atomic E-state index is 12.7. The van der Waals surface area contributed by atoms with Gasteiger partial charge in [0, 0.05) is 56.5 Å². The van der Waals surface area contributed by atoms with Gasteiger partial charge in [-0.15, -0.1) is 0 Å².